The Balaban J connectivity index is 1.93. The van der Waals surface area contributed by atoms with Crippen LogP contribution in [0, 0.1) is 5.92 Å². The molecule has 2 unspecified atom stereocenters. The second-order valence-electron chi connectivity index (χ2n) is 5.29. The summed E-state index contributed by atoms with van der Waals surface area (Å²) < 4.78 is 26.9. The summed E-state index contributed by atoms with van der Waals surface area (Å²) in [6, 6.07) is 7.60. The van der Waals surface area contributed by atoms with Crippen LogP contribution < -0.4 is 10.5 Å². The molecule has 1 aromatic rings. The van der Waals surface area contributed by atoms with Crippen LogP contribution in [0.1, 0.15) is 37.3 Å². The third-order valence-corrected chi connectivity index (χ3v) is 4.87. The standard InChI is InChI=1S/C14H22N2O2S/c1-2-4-13-8-14(13)16-19(17,18)10-12-6-3-5-11(7-12)9-15/h3,5-7,13-14,16H,2,4,8-10,15H2,1H3. The molecule has 1 aromatic carbocycles. The van der Waals surface area contributed by atoms with Gasteiger partial charge in [0.15, 0.2) is 0 Å². The highest BCUT2D eigenvalue weighted by molar-refractivity contribution is 7.88. The van der Waals surface area contributed by atoms with Gasteiger partial charge >= 0.3 is 0 Å². The van der Waals surface area contributed by atoms with Crippen LogP contribution >= 0.6 is 0 Å². The normalized spacial score (nSPS) is 22.4. The minimum atomic E-state index is -3.24. The van der Waals surface area contributed by atoms with Gasteiger partial charge < -0.3 is 5.73 Å². The molecule has 0 radical (unpaired) electrons. The van der Waals surface area contributed by atoms with E-state index in [4.69, 9.17) is 5.73 Å². The van der Waals surface area contributed by atoms with Gasteiger partial charge in [-0.3, -0.25) is 0 Å². The highest BCUT2D eigenvalue weighted by Gasteiger charge is 2.38. The second kappa shape index (κ2) is 6.03. The van der Waals surface area contributed by atoms with Crippen LogP contribution in [0.5, 0.6) is 0 Å². The lowest BCUT2D eigenvalue weighted by atomic mass is 10.1. The van der Waals surface area contributed by atoms with Gasteiger partial charge in [0, 0.05) is 12.6 Å². The largest absolute Gasteiger partial charge is 0.326 e. The molecule has 1 aliphatic rings. The van der Waals surface area contributed by atoms with Gasteiger partial charge in [-0.25, -0.2) is 13.1 Å². The van der Waals surface area contributed by atoms with Crippen molar-refractivity contribution in [2.45, 2.75) is 44.5 Å². The summed E-state index contributed by atoms with van der Waals surface area (Å²) in [6.07, 6.45) is 3.20. The average Bonchev–Trinajstić information content (AvgIpc) is 3.06. The first-order valence-corrected chi connectivity index (χ1v) is 8.47. The Morgan fingerprint density at radius 2 is 2.11 bits per heavy atom. The maximum Gasteiger partial charge on any atom is 0.216 e. The fourth-order valence-electron chi connectivity index (χ4n) is 2.42. The van der Waals surface area contributed by atoms with Crippen LogP contribution in [0.25, 0.3) is 0 Å². The molecule has 0 aromatic heterocycles. The van der Waals surface area contributed by atoms with Crippen molar-refractivity contribution in [3.8, 4) is 0 Å². The Hall–Kier alpha value is -0.910. The maximum atomic E-state index is 12.1. The minimum absolute atomic E-state index is 0.0379. The number of nitrogens with two attached hydrogens (primary N) is 1. The van der Waals surface area contributed by atoms with Crippen molar-refractivity contribution >= 4 is 10.0 Å². The number of sulfonamides is 1. The molecule has 106 valence electrons. The molecule has 3 N–H and O–H groups in total. The predicted octanol–water partition coefficient (Wildman–Crippen LogP) is 1.75. The highest BCUT2D eigenvalue weighted by atomic mass is 32.2. The monoisotopic (exact) mass is 282 g/mol. The lowest BCUT2D eigenvalue weighted by molar-refractivity contribution is 0.572. The molecule has 0 spiro atoms. The summed E-state index contributed by atoms with van der Waals surface area (Å²) >= 11 is 0. The molecule has 2 atom stereocenters. The first-order chi connectivity index (χ1) is 9.04. The van der Waals surface area contributed by atoms with E-state index in [1.807, 2.05) is 24.3 Å². The Morgan fingerprint density at radius 3 is 2.79 bits per heavy atom. The van der Waals surface area contributed by atoms with Gasteiger partial charge in [0.1, 0.15) is 0 Å². The number of benzene rings is 1. The van der Waals surface area contributed by atoms with E-state index < -0.39 is 10.0 Å². The Morgan fingerprint density at radius 1 is 1.37 bits per heavy atom. The Bertz CT molecular complexity index is 528. The number of hydrogen-bond donors (Lipinski definition) is 2. The van der Waals surface area contributed by atoms with Gasteiger partial charge in [-0.05, 0) is 29.9 Å². The quantitative estimate of drug-likeness (QED) is 0.800. The fourth-order valence-corrected chi connectivity index (χ4v) is 3.87. The van der Waals surface area contributed by atoms with Crippen LogP contribution in [0.4, 0.5) is 0 Å². The Kier molecular flexibility index (Phi) is 4.60. The van der Waals surface area contributed by atoms with Crippen molar-refractivity contribution in [3.05, 3.63) is 35.4 Å². The maximum absolute atomic E-state index is 12.1. The fraction of sp³-hybridized carbons (Fsp3) is 0.571. The van der Waals surface area contributed by atoms with Crippen LogP contribution in [-0.4, -0.2) is 14.5 Å². The molecule has 0 aliphatic heterocycles. The molecule has 0 saturated heterocycles. The van der Waals surface area contributed by atoms with Gasteiger partial charge in [-0.15, -0.1) is 0 Å². The third-order valence-electron chi connectivity index (χ3n) is 3.50. The molecule has 1 fully saturated rings. The lowest BCUT2D eigenvalue weighted by Gasteiger charge is -2.07. The lowest BCUT2D eigenvalue weighted by Crippen LogP contribution is -2.28. The van der Waals surface area contributed by atoms with Crippen molar-refractivity contribution in [3.63, 3.8) is 0 Å². The zero-order chi connectivity index (χ0) is 13.9. The van der Waals surface area contributed by atoms with E-state index in [0.717, 1.165) is 30.4 Å². The molecule has 2 rings (SSSR count). The number of hydrogen-bond acceptors (Lipinski definition) is 3. The second-order valence-corrected chi connectivity index (χ2v) is 7.05. The number of nitrogens with one attached hydrogen (secondary N) is 1. The molecule has 0 heterocycles. The molecular formula is C14H22N2O2S. The molecule has 5 heteroatoms. The molecule has 0 bridgehead atoms. The van der Waals surface area contributed by atoms with E-state index in [2.05, 4.69) is 11.6 Å². The van der Waals surface area contributed by atoms with Gasteiger partial charge in [0.25, 0.3) is 0 Å². The molecule has 1 saturated carbocycles. The SMILES string of the molecule is CCCC1CC1NS(=O)(=O)Cc1cccc(CN)c1. The van der Waals surface area contributed by atoms with Crippen LogP contribution in [0.3, 0.4) is 0 Å². The van der Waals surface area contributed by atoms with Crippen LogP contribution in [-0.2, 0) is 22.3 Å². The highest BCUT2D eigenvalue weighted by Crippen LogP contribution is 2.35. The van der Waals surface area contributed by atoms with Crippen LogP contribution in [0.2, 0.25) is 0 Å². The summed E-state index contributed by atoms with van der Waals surface area (Å²) in [7, 11) is -3.24. The number of rotatable bonds is 7. The molecular weight excluding hydrogens is 260 g/mol. The zero-order valence-corrected chi connectivity index (χ0v) is 12.1. The first kappa shape index (κ1) is 14.5. The van der Waals surface area contributed by atoms with Gasteiger partial charge in [0.05, 0.1) is 5.75 Å². The van der Waals surface area contributed by atoms with E-state index in [1.165, 1.54) is 0 Å². The topological polar surface area (TPSA) is 72.2 Å². The van der Waals surface area contributed by atoms with Crippen LogP contribution in [0.15, 0.2) is 24.3 Å². The molecule has 4 nitrogen and oxygen atoms in total. The summed E-state index contributed by atoms with van der Waals surface area (Å²) in [5, 5.41) is 0. The van der Waals surface area contributed by atoms with Crippen molar-refractivity contribution in [2.24, 2.45) is 11.7 Å². The van der Waals surface area contributed by atoms with Crippen molar-refractivity contribution in [2.75, 3.05) is 0 Å². The van der Waals surface area contributed by atoms with E-state index in [-0.39, 0.29) is 11.8 Å². The smallest absolute Gasteiger partial charge is 0.216 e. The van der Waals surface area contributed by atoms with E-state index in [0.29, 0.717) is 12.5 Å². The van der Waals surface area contributed by atoms with Crippen molar-refractivity contribution in [1.82, 2.24) is 4.72 Å². The minimum Gasteiger partial charge on any atom is -0.326 e. The zero-order valence-electron chi connectivity index (χ0n) is 11.3. The van der Waals surface area contributed by atoms with E-state index in [1.54, 1.807) is 0 Å². The summed E-state index contributed by atoms with van der Waals surface area (Å²) in [4.78, 5) is 0. The Labute approximate surface area is 115 Å². The van der Waals surface area contributed by atoms with Gasteiger partial charge in [-0.2, -0.15) is 0 Å². The third kappa shape index (κ3) is 4.30. The molecule has 19 heavy (non-hydrogen) atoms. The van der Waals surface area contributed by atoms with E-state index >= 15 is 0 Å². The summed E-state index contributed by atoms with van der Waals surface area (Å²) in [5.74, 6) is 0.575. The molecule has 1 aliphatic carbocycles. The van der Waals surface area contributed by atoms with Crippen molar-refractivity contribution < 1.29 is 8.42 Å². The van der Waals surface area contributed by atoms with Gasteiger partial charge in [0.2, 0.25) is 10.0 Å². The summed E-state index contributed by atoms with van der Waals surface area (Å²) in [6.45, 7) is 2.56. The predicted molar refractivity (Wildman–Crippen MR) is 76.9 cm³/mol. The van der Waals surface area contributed by atoms with E-state index in [9.17, 15) is 8.42 Å². The molecule has 0 amide bonds. The first-order valence-electron chi connectivity index (χ1n) is 6.82. The van der Waals surface area contributed by atoms with Gasteiger partial charge in [-0.1, -0.05) is 37.6 Å². The average molecular weight is 282 g/mol. The van der Waals surface area contributed by atoms with Crippen molar-refractivity contribution in [1.29, 1.82) is 0 Å². The summed E-state index contributed by atoms with van der Waals surface area (Å²) in [5.41, 5.74) is 7.32.